The number of allylic oxidation sites excluding steroid dienone is 1. The Balaban J connectivity index is 2.51. The normalized spacial score (nSPS) is 11.7. The molecule has 0 aliphatic heterocycles. The Labute approximate surface area is 90.0 Å². The van der Waals surface area contributed by atoms with E-state index in [1.54, 1.807) is 13.4 Å². The molecule has 0 radical (unpaired) electrons. The van der Waals surface area contributed by atoms with Crippen LogP contribution in [0.5, 0.6) is 0 Å². The van der Waals surface area contributed by atoms with Crippen molar-refractivity contribution in [2.45, 2.75) is 6.92 Å². The van der Waals surface area contributed by atoms with Crippen LogP contribution in [-0.2, 0) is 4.74 Å². The number of ether oxygens (including phenoxy) is 1. The highest BCUT2D eigenvalue weighted by molar-refractivity contribution is 5.85. The summed E-state index contributed by atoms with van der Waals surface area (Å²) in [6.45, 7) is 2.05. The van der Waals surface area contributed by atoms with Crippen LogP contribution in [0.25, 0.3) is 16.3 Å². The molecule has 0 N–H and O–H groups in total. The van der Waals surface area contributed by atoms with E-state index in [0.29, 0.717) is 0 Å². The predicted molar refractivity (Wildman–Crippen MR) is 64.6 cm³/mol. The lowest BCUT2D eigenvalue weighted by atomic mass is 10.0. The van der Waals surface area contributed by atoms with Gasteiger partial charge in [0.05, 0.1) is 13.4 Å². The SMILES string of the molecule is CO/C=C(\C)c1ccc2ccccc2c1. The molecule has 15 heavy (non-hydrogen) atoms. The molecule has 76 valence electrons. The lowest BCUT2D eigenvalue weighted by Crippen LogP contribution is -1.81. The molecule has 0 saturated carbocycles. The summed E-state index contributed by atoms with van der Waals surface area (Å²) in [7, 11) is 1.67. The third-order valence-electron chi connectivity index (χ3n) is 2.50. The van der Waals surface area contributed by atoms with Gasteiger partial charge in [0.2, 0.25) is 0 Å². The summed E-state index contributed by atoms with van der Waals surface area (Å²) in [5.41, 5.74) is 2.35. The smallest absolute Gasteiger partial charge is 0.0859 e. The van der Waals surface area contributed by atoms with Crippen LogP contribution in [0, 0.1) is 0 Å². The second-order valence-electron chi connectivity index (χ2n) is 3.60. The third kappa shape index (κ3) is 2.01. The minimum atomic E-state index is 1.14. The van der Waals surface area contributed by atoms with Crippen LogP contribution in [0.3, 0.4) is 0 Å². The zero-order valence-electron chi connectivity index (χ0n) is 9.03. The molecule has 0 aliphatic rings. The van der Waals surface area contributed by atoms with Gasteiger partial charge in [-0.05, 0) is 34.9 Å². The minimum Gasteiger partial charge on any atom is -0.504 e. The van der Waals surface area contributed by atoms with E-state index in [1.165, 1.54) is 16.3 Å². The van der Waals surface area contributed by atoms with Gasteiger partial charge in [-0.25, -0.2) is 0 Å². The second kappa shape index (κ2) is 4.18. The molecule has 1 heteroatoms. The van der Waals surface area contributed by atoms with Crippen molar-refractivity contribution < 1.29 is 4.74 Å². The molecule has 0 atom stereocenters. The van der Waals surface area contributed by atoms with Crippen molar-refractivity contribution in [1.82, 2.24) is 0 Å². The van der Waals surface area contributed by atoms with Crippen molar-refractivity contribution in [1.29, 1.82) is 0 Å². The molecule has 0 aliphatic carbocycles. The molecule has 0 spiro atoms. The summed E-state index contributed by atoms with van der Waals surface area (Å²) in [6.07, 6.45) is 1.77. The van der Waals surface area contributed by atoms with Crippen molar-refractivity contribution >= 4 is 16.3 Å². The van der Waals surface area contributed by atoms with Gasteiger partial charge in [0.1, 0.15) is 0 Å². The molecule has 2 aromatic carbocycles. The predicted octanol–water partition coefficient (Wildman–Crippen LogP) is 3.85. The maximum absolute atomic E-state index is 5.01. The summed E-state index contributed by atoms with van der Waals surface area (Å²) in [6, 6.07) is 14.8. The lowest BCUT2D eigenvalue weighted by molar-refractivity contribution is 0.339. The van der Waals surface area contributed by atoms with Crippen molar-refractivity contribution in [3.05, 3.63) is 54.3 Å². The van der Waals surface area contributed by atoms with Gasteiger partial charge in [0, 0.05) is 0 Å². The first-order chi connectivity index (χ1) is 7.31. The molecular weight excluding hydrogens is 184 g/mol. The van der Waals surface area contributed by atoms with E-state index in [-0.39, 0.29) is 0 Å². The molecule has 0 aromatic heterocycles. The van der Waals surface area contributed by atoms with Crippen LogP contribution in [0.1, 0.15) is 12.5 Å². The van der Waals surface area contributed by atoms with Crippen molar-refractivity contribution in [2.24, 2.45) is 0 Å². The van der Waals surface area contributed by atoms with Crippen molar-refractivity contribution in [2.75, 3.05) is 7.11 Å². The Morgan fingerprint density at radius 1 is 1.07 bits per heavy atom. The molecular formula is C14H14O. The Kier molecular flexibility index (Phi) is 2.72. The van der Waals surface area contributed by atoms with Gasteiger partial charge in [-0.15, -0.1) is 0 Å². The third-order valence-corrected chi connectivity index (χ3v) is 2.50. The number of hydrogen-bond acceptors (Lipinski definition) is 1. The molecule has 0 amide bonds. The monoisotopic (exact) mass is 198 g/mol. The lowest BCUT2D eigenvalue weighted by Gasteiger charge is -2.03. The Morgan fingerprint density at radius 3 is 2.53 bits per heavy atom. The van der Waals surface area contributed by atoms with Gasteiger partial charge in [-0.2, -0.15) is 0 Å². The number of fused-ring (bicyclic) bond motifs is 1. The highest BCUT2D eigenvalue weighted by atomic mass is 16.5. The molecule has 0 heterocycles. The first kappa shape index (κ1) is 9.78. The van der Waals surface area contributed by atoms with Crippen LogP contribution < -0.4 is 0 Å². The standard InChI is InChI=1S/C14H14O/c1-11(10-15-2)13-8-7-12-5-3-4-6-14(12)9-13/h3-10H,1-2H3/b11-10+. The zero-order valence-corrected chi connectivity index (χ0v) is 9.03. The van der Waals surface area contributed by atoms with Crippen LogP contribution in [0.15, 0.2) is 48.7 Å². The molecule has 0 fully saturated rings. The average Bonchev–Trinajstić information content (AvgIpc) is 2.29. The topological polar surface area (TPSA) is 9.23 Å². The Hall–Kier alpha value is -1.76. The van der Waals surface area contributed by atoms with E-state index < -0.39 is 0 Å². The van der Waals surface area contributed by atoms with Gasteiger partial charge in [0.15, 0.2) is 0 Å². The van der Waals surface area contributed by atoms with Crippen LogP contribution in [-0.4, -0.2) is 7.11 Å². The van der Waals surface area contributed by atoms with Crippen molar-refractivity contribution in [3.8, 4) is 0 Å². The number of benzene rings is 2. The quantitative estimate of drug-likeness (QED) is 0.666. The number of hydrogen-bond donors (Lipinski definition) is 0. The highest BCUT2D eigenvalue weighted by Crippen LogP contribution is 2.20. The highest BCUT2D eigenvalue weighted by Gasteiger charge is 1.97. The van der Waals surface area contributed by atoms with Crippen LogP contribution in [0.4, 0.5) is 0 Å². The molecule has 2 rings (SSSR count). The van der Waals surface area contributed by atoms with Gasteiger partial charge >= 0.3 is 0 Å². The van der Waals surface area contributed by atoms with Gasteiger partial charge in [-0.3, -0.25) is 0 Å². The maximum atomic E-state index is 5.01. The Bertz CT molecular complexity index is 497. The van der Waals surface area contributed by atoms with E-state index in [4.69, 9.17) is 4.74 Å². The van der Waals surface area contributed by atoms with E-state index in [1.807, 2.05) is 6.92 Å². The largest absolute Gasteiger partial charge is 0.504 e. The fraction of sp³-hybridized carbons (Fsp3) is 0.143. The Morgan fingerprint density at radius 2 is 1.80 bits per heavy atom. The minimum absolute atomic E-state index is 1.14. The summed E-state index contributed by atoms with van der Waals surface area (Å²) in [5, 5.41) is 2.53. The van der Waals surface area contributed by atoms with Crippen LogP contribution >= 0.6 is 0 Å². The second-order valence-corrected chi connectivity index (χ2v) is 3.60. The van der Waals surface area contributed by atoms with Crippen LogP contribution in [0.2, 0.25) is 0 Å². The fourth-order valence-corrected chi connectivity index (χ4v) is 1.68. The summed E-state index contributed by atoms with van der Waals surface area (Å²) in [4.78, 5) is 0. The molecule has 0 saturated heterocycles. The average molecular weight is 198 g/mol. The van der Waals surface area contributed by atoms with E-state index in [9.17, 15) is 0 Å². The van der Waals surface area contributed by atoms with Gasteiger partial charge in [-0.1, -0.05) is 36.4 Å². The molecule has 0 bridgehead atoms. The fourth-order valence-electron chi connectivity index (χ4n) is 1.68. The first-order valence-corrected chi connectivity index (χ1v) is 5.00. The summed E-state index contributed by atoms with van der Waals surface area (Å²) >= 11 is 0. The summed E-state index contributed by atoms with van der Waals surface area (Å²) < 4.78 is 5.01. The molecule has 0 unspecified atom stereocenters. The van der Waals surface area contributed by atoms with Gasteiger partial charge < -0.3 is 4.74 Å². The molecule has 1 nitrogen and oxygen atoms in total. The first-order valence-electron chi connectivity index (χ1n) is 5.00. The van der Waals surface area contributed by atoms with E-state index in [0.717, 1.165) is 5.57 Å². The number of rotatable bonds is 2. The maximum Gasteiger partial charge on any atom is 0.0859 e. The molecule has 2 aromatic rings. The van der Waals surface area contributed by atoms with Crippen molar-refractivity contribution in [3.63, 3.8) is 0 Å². The van der Waals surface area contributed by atoms with Gasteiger partial charge in [0.25, 0.3) is 0 Å². The van der Waals surface area contributed by atoms with E-state index in [2.05, 4.69) is 42.5 Å². The van der Waals surface area contributed by atoms with E-state index >= 15 is 0 Å². The summed E-state index contributed by atoms with van der Waals surface area (Å²) in [5.74, 6) is 0. The zero-order chi connectivity index (χ0) is 10.7. The number of methoxy groups -OCH3 is 1.